The third-order valence-corrected chi connectivity index (χ3v) is 4.56. The maximum atomic E-state index is 6.15. The van der Waals surface area contributed by atoms with Gasteiger partial charge >= 0.3 is 0 Å². The van der Waals surface area contributed by atoms with Crippen LogP contribution >= 0.6 is 0 Å². The average molecular weight is 341 g/mol. The van der Waals surface area contributed by atoms with Crippen molar-refractivity contribution in [3.8, 4) is 5.88 Å². The first-order valence-corrected chi connectivity index (χ1v) is 8.72. The van der Waals surface area contributed by atoms with Crippen molar-refractivity contribution in [2.45, 2.75) is 18.7 Å². The number of morpholine rings is 1. The molecule has 25 heavy (non-hydrogen) atoms. The van der Waals surface area contributed by atoms with E-state index in [1.807, 2.05) is 6.07 Å². The zero-order valence-electron chi connectivity index (χ0n) is 15.3. The molecule has 1 aliphatic rings. The number of pyridine rings is 1. The molecule has 2 heterocycles. The minimum absolute atomic E-state index is 0.133. The summed E-state index contributed by atoms with van der Waals surface area (Å²) in [5.41, 5.74) is 2.40. The first-order valence-electron chi connectivity index (χ1n) is 8.72. The van der Waals surface area contributed by atoms with Gasteiger partial charge in [0.25, 0.3) is 0 Å². The number of ether oxygens (including phenoxy) is 2. The van der Waals surface area contributed by atoms with Crippen molar-refractivity contribution in [3.63, 3.8) is 0 Å². The fourth-order valence-electron chi connectivity index (χ4n) is 3.50. The van der Waals surface area contributed by atoms with E-state index in [1.54, 1.807) is 13.3 Å². The maximum absolute atomic E-state index is 6.15. The fraction of sp³-hybridized carbons (Fsp3) is 0.450. The minimum atomic E-state index is 0.133. The van der Waals surface area contributed by atoms with Crippen LogP contribution in [0.15, 0.2) is 48.7 Å². The lowest BCUT2D eigenvalue weighted by molar-refractivity contribution is -0.0839. The van der Waals surface area contributed by atoms with Crippen LogP contribution in [-0.2, 0) is 11.3 Å². The van der Waals surface area contributed by atoms with E-state index in [-0.39, 0.29) is 12.1 Å². The van der Waals surface area contributed by atoms with Crippen molar-refractivity contribution < 1.29 is 9.47 Å². The number of benzene rings is 1. The second kappa shape index (κ2) is 8.43. The molecule has 0 spiro atoms. The summed E-state index contributed by atoms with van der Waals surface area (Å²) in [6.45, 7) is 3.32. The Morgan fingerprint density at radius 3 is 2.72 bits per heavy atom. The topological polar surface area (TPSA) is 37.8 Å². The molecule has 0 unspecified atom stereocenters. The fourth-order valence-corrected chi connectivity index (χ4v) is 3.50. The monoisotopic (exact) mass is 341 g/mol. The predicted octanol–water partition coefficient (Wildman–Crippen LogP) is 2.59. The molecule has 0 amide bonds. The highest BCUT2D eigenvalue weighted by atomic mass is 16.5. The number of nitrogens with zero attached hydrogens (tertiary/aromatic N) is 3. The first-order chi connectivity index (χ1) is 12.2. The Morgan fingerprint density at radius 1 is 1.20 bits per heavy atom. The third kappa shape index (κ3) is 4.37. The molecular weight excluding hydrogens is 314 g/mol. The van der Waals surface area contributed by atoms with Crippen molar-refractivity contribution >= 4 is 0 Å². The van der Waals surface area contributed by atoms with Crippen LogP contribution in [0, 0.1) is 0 Å². The van der Waals surface area contributed by atoms with Gasteiger partial charge in [-0.1, -0.05) is 36.4 Å². The molecule has 1 saturated heterocycles. The highest BCUT2D eigenvalue weighted by Crippen LogP contribution is 2.32. The van der Waals surface area contributed by atoms with Gasteiger partial charge in [-0.15, -0.1) is 0 Å². The second-order valence-electron chi connectivity index (χ2n) is 6.67. The van der Waals surface area contributed by atoms with E-state index in [4.69, 9.17) is 9.47 Å². The number of aromatic nitrogens is 1. The molecule has 5 nitrogen and oxygen atoms in total. The van der Waals surface area contributed by atoms with Gasteiger partial charge in [0.05, 0.1) is 25.9 Å². The van der Waals surface area contributed by atoms with Crippen molar-refractivity contribution in [2.75, 3.05) is 40.9 Å². The molecule has 1 aromatic heterocycles. The SMILES string of the molecule is COc1ncccc1CN1CCO[C@@H](CN(C)C)[C@@H]1c1ccccc1. The summed E-state index contributed by atoms with van der Waals surface area (Å²) in [4.78, 5) is 9.01. The molecular formula is C20H27N3O2. The Kier molecular flexibility index (Phi) is 6.02. The summed E-state index contributed by atoms with van der Waals surface area (Å²) in [5, 5.41) is 0. The molecule has 1 aromatic carbocycles. The molecule has 1 aliphatic heterocycles. The normalized spacial score (nSPS) is 21.4. The summed E-state index contributed by atoms with van der Waals surface area (Å²) in [5.74, 6) is 0.699. The molecule has 0 radical (unpaired) electrons. The molecule has 2 atom stereocenters. The van der Waals surface area contributed by atoms with E-state index >= 15 is 0 Å². The van der Waals surface area contributed by atoms with E-state index in [0.717, 1.165) is 31.8 Å². The summed E-state index contributed by atoms with van der Waals surface area (Å²) in [6, 6.07) is 14.9. The van der Waals surface area contributed by atoms with Crippen LogP contribution in [0.5, 0.6) is 5.88 Å². The quantitative estimate of drug-likeness (QED) is 0.807. The predicted molar refractivity (Wildman–Crippen MR) is 98.7 cm³/mol. The molecule has 3 rings (SSSR count). The van der Waals surface area contributed by atoms with Crippen LogP contribution in [0.1, 0.15) is 17.2 Å². The summed E-state index contributed by atoms with van der Waals surface area (Å²) in [7, 11) is 5.86. The lowest BCUT2D eigenvalue weighted by Gasteiger charge is -2.42. The smallest absolute Gasteiger partial charge is 0.217 e. The van der Waals surface area contributed by atoms with E-state index in [2.05, 4.69) is 65.3 Å². The van der Waals surface area contributed by atoms with Crippen LogP contribution in [0.3, 0.4) is 0 Å². The van der Waals surface area contributed by atoms with Gasteiger partial charge in [-0.25, -0.2) is 4.98 Å². The Balaban J connectivity index is 1.89. The number of rotatable bonds is 6. The standard InChI is InChI=1S/C20H27N3O2/c1-22(2)15-18-19(16-8-5-4-6-9-16)23(12-13-25-18)14-17-10-7-11-21-20(17)24-3/h4-11,18-19H,12-15H2,1-3H3/t18-,19-/m0/s1. The van der Waals surface area contributed by atoms with E-state index in [0.29, 0.717) is 5.88 Å². The molecule has 0 bridgehead atoms. The van der Waals surface area contributed by atoms with Crippen molar-refractivity contribution in [1.29, 1.82) is 0 Å². The largest absolute Gasteiger partial charge is 0.481 e. The Bertz CT molecular complexity index is 663. The number of likely N-dealkylation sites (N-methyl/N-ethyl adjacent to an activating group) is 1. The number of hydrogen-bond acceptors (Lipinski definition) is 5. The van der Waals surface area contributed by atoms with Crippen LogP contribution in [-0.4, -0.2) is 61.8 Å². The Hall–Kier alpha value is -1.95. The number of hydrogen-bond donors (Lipinski definition) is 0. The van der Waals surface area contributed by atoms with Crippen molar-refractivity contribution in [1.82, 2.24) is 14.8 Å². The third-order valence-electron chi connectivity index (χ3n) is 4.56. The van der Waals surface area contributed by atoms with E-state index in [9.17, 15) is 0 Å². The summed E-state index contributed by atoms with van der Waals surface area (Å²) in [6.07, 6.45) is 1.90. The van der Waals surface area contributed by atoms with E-state index in [1.165, 1.54) is 5.56 Å². The molecule has 0 saturated carbocycles. The van der Waals surface area contributed by atoms with Crippen LogP contribution < -0.4 is 4.74 Å². The molecule has 2 aromatic rings. The minimum Gasteiger partial charge on any atom is -0.481 e. The van der Waals surface area contributed by atoms with Crippen LogP contribution in [0.4, 0.5) is 0 Å². The van der Waals surface area contributed by atoms with Gasteiger partial charge in [-0.2, -0.15) is 0 Å². The average Bonchev–Trinajstić information content (AvgIpc) is 2.63. The number of methoxy groups -OCH3 is 1. The molecule has 1 fully saturated rings. The van der Waals surface area contributed by atoms with Crippen molar-refractivity contribution in [3.05, 3.63) is 59.8 Å². The van der Waals surface area contributed by atoms with Crippen LogP contribution in [0.25, 0.3) is 0 Å². The lowest BCUT2D eigenvalue weighted by Crippen LogP contribution is -2.48. The first kappa shape index (κ1) is 17.9. The maximum Gasteiger partial charge on any atom is 0.217 e. The zero-order chi connectivity index (χ0) is 17.6. The van der Waals surface area contributed by atoms with Crippen LogP contribution in [0.2, 0.25) is 0 Å². The zero-order valence-corrected chi connectivity index (χ0v) is 15.3. The Morgan fingerprint density at radius 2 is 2.00 bits per heavy atom. The molecule has 134 valence electrons. The van der Waals surface area contributed by atoms with Gasteiger partial charge in [0.2, 0.25) is 5.88 Å². The van der Waals surface area contributed by atoms with E-state index < -0.39 is 0 Å². The Labute approximate surface area is 150 Å². The van der Waals surface area contributed by atoms with Gasteiger partial charge < -0.3 is 14.4 Å². The lowest BCUT2D eigenvalue weighted by atomic mass is 9.97. The molecule has 5 heteroatoms. The second-order valence-corrected chi connectivity index (χ2v) is 6.67. The molecule has 0 aliphatic carbocycles. The van der Waals surface area contributed by atoms with Gasteiger partial charge in [0.15, 0.2) is 0 Å². The highest BCUT2D eigenvalue weighted by Gasteiger charge is 2.34. The van der Waals surface area contributed by atoms with Gasteiger partial charge in [-0.05, 0) is 25.7 Å². The summed E-state index contributed by atoms with van der Waals surface area (Å²) < 4.78 is 11.6. The van der Waals surface area contributed by atoms with Gasteiger partial charge in [-0.3, -0.25) is 4.90 Å². The van der Waals surface area contributed by atoms with Crippen molar-refractivity contribution in [2.24, 2.45) is 0 Å². The van der Waals surface area contributed by atoms with Gasteiger partial charge in [0.1, 0.15) is 0 Å². The highest BCUT2D eigenvalue weighted by molar-refractivity contribution is 5.27. The molecule has 0 N–H and O–H groups in total. The summed E-state index contributed by atoms with van der Waals surface area (Å²) >= 11 is 0. The van der Waals surface area contributed by atoms with Gasteiger partial charge in [0, 0.05) is 31.4 Å².